The summed E-state index contributed by atoms with van der Waals surface area (Å²) >= 11 is 0. The molecule has 0 radical (unpaired) electrons. The van der Waals surface area contributed by atoms with Crippen molar-refractivity contribution in [3.63, 3.8) is 0 Å². The molecular formula is C53H101O12P. The summed E-state index contributed by atoms with van der Waals surface area (Å²) in [6, 6.07) is 0. The van der Waals surface area contributed by atoms with Crippen LogP contribution >= 0.6 is 7.82 Å². The highest BCUT2D eigenvalue weighted by molar-refractivity contribution is 7.47. The zero-order valence-corrected chi connectivity index (χ0v) is 42.9. The van der Waals surface area contributed by atoms with Gasteiger partial charge in [0.1, 0.15) is 42.7 Å². The van der Waals surface area contributed by atoms with Crippen molar-refractivity contribution < 1.29 is 58.3 Å². The Labute approximate surface area is 402 Å². The number of carbonyl (C=O) groups excluding carboxylic acids is 1. The predicted molar refractivity (Wildman–Crippen MR) is 267 cm³/mol. The highest BCUT2D eigenvalue weighted by atomic mass is 31.2. The normalized spacial score (nSPS) is 21.5. The van der Waals surface area contributed by atoms with Crippen molar-refractivity contribution in [1.29, 1.82) is 0 Å². The summed E-state index contributed by atoms with van der Waals surface area (Å²) in [6.07, 6.45) is 39.6. The summed E-state index contributed by atoms with van der Waals surface area (Å²) in [5, 5.41) is 50.3. The van der Waals surface area contributed by atoms with E-state index >= 15 is 0 Å². The van der Waals surface area contributed by atoms with Gasteiger partial charge in [-0.2, -0.15) is 0 Å². The lowest BCUT2D eigenvalue weighted by Crippen LogP contribution is -2.64. The third-order valence-electron chi connectivity index (χ3n) is 12.8. The number of rotatable bonds is 47. The fourth-order valence-electron chi connectivity index (χ4n) is 8.51. The van der Waals surface area contributed by atoms with Crippen LogP contribution in [-0.4, -0.2) is 98.9 Å². The van der Waals surface area contributed by atoms with Crippen LogP contribution in [0.25, 0.3) is 0 Å². The Balaban J connectivity index is 2.30. The summed E-state index contributed by atoms with van der Waals surface area (Å²) in [7, 11) is -5.02. The molecule has 6 unspecified atom stereocenters. The number of hydrogen-bond donors (Lipinski definition) is 6. The first-order valence-corrected chi connectivity index (χ1v) is 28.7. The Morgan fingerprint density at radius 3 is 1.29 bits per heavy atom. The SMILES string of the molecule is CCCCCC/C=C\C/C=C\CCCCCCCCOCC(COP(=O)(O)OC1C(O)C(O)C(O)C(O)C1O)OC(=O)CCCCCCCCCCCCCCCCCCCCCCCC. The first-order chi connectivity index (χ1) is 32.0. The molecule has 1 aliphatic carbocycles. The Morgan fingerprint density at radius 1 is 0.485 bits per heavy atom. The Kier molecular flexibility index (Phi) is 41.7. The van der Waals surface area contributed by atoms with Crippen LogP contribution in [0.4, 0.5) is 0 Å². The van der Waals surface area contributed by atoms with Gasteiger partial charge in [-0.1, -0.05) is 218 Å². The molecule has 66 heavy (non-hydrogen) atoms. The van der Waals surface area contributed by atoms with Crippen LogP contribution in [0.15, 0.2) is 24.3 Å². The van der Waals surface area contributed by atoms with Gasteiger partial charge in [0.25, 0.3) is 0 Å². The average Bonchev–Trinajstić information content (AvgIpc) is 3.30. The first-order valence-electron chi connectivity index (χ1n) is 27.2. The van der Waals surface area contributed by atoms with E-state index < -0.39 is 63.1 Å². The Bertz CT molecular complexity index is 1190. The van der Waals surface area contributed by atoms with Crippen molar-refractivity contribution in [2.45, 2.75) is 288 Å². The van der Waals surface area contributed by atoms with Gasteiger partial charge in [-0.25, -0.2) is 4.57 Å². The van der Waals surface area contributed by atoms with E-state index in [0.717, 1.165) is 57.8 Å². The third-order valence-corrected chi connectivity index (χ3v) is 13.8. The number of aliphatic hydroxyl groups excluding tert-OH is 5. The molecule has 1 aliphatic rings. The van der Waals surface area contributed by atoms with E-state index in [1.807, 2.05) is 0 Å². The number of carbonyl (C=O) groups is 1. The molecule has 6 atom stereocenters. The number of phosphoric ester groups is 1. The molecule has 0 aromatic heterocycles. The molecule has 1 saturated carbocycles. The van der Waals surface area contributed by atoms with Gasteiger partial charge in [-0.3, -0.25) is 13.8 Å². The number of allylic oxidation sites excluding steroid dienone is 4. The molecule has 12 nitrogen and oxygen atoms in total. The van der Waals surface area contributed by atoms with Gasteiger partial charge < -0.3 is 39.9 Å². The number of unbranched alkanes of at least 4 members (excludes halogenated alkanes) is 31. The van der Waals surface area contributed by atoms with Gasteiger partial charge in [0.2, 0.25) is 0 Å². The molecule has 0 bridgehead atoms. The molecule has 0 aliphatic heterocycles. The van der Waals surface area contributed by atoms with Crippen LogP contribution in [0.1, 0.15) is 245 Å². The minimum Gasteiger partial charge on any atom is -0.457 e. The molecule has 1 rings (SSSR count). The largest absolute Gasteiger partial charge is 0.472 e. The van der Waals surface area contributed by atoms with Crippen molar-refractivity contribution >= 4 is 13.8 Å². The number of ether oxygens (including phenoxy) is 2. The second-order valence-electron chi connectivity index (χ2n) is 19.1. The second-order valence-corrected chi connectivity index (χ2v) is 20.5. The van der Waals surface area contributed by atoms with E-state index in [9.17, 15) is 39.8 Å². The van der Waals surface area contributed by atoms with E-state index in [2.05, 4.69) is 38.2 Å². The molecule has 1 fully saturated rings. The minimum absolute atomic E-state index is 0.0796. The predicted octanol–water partition coefficient (Wildman–Crippen LogP) is 12.4. The maximum absolute atomic E-state index is 12.9. The minimum atomic E-state index is -5.02. The van der Waals surface area contributed by atoms with Crippen LogP contribution in [-0.2, 0) is 27.9 Å². The highest BCUT2D eigenvalue weighted by Gasteiger charge is 2.51. The average molecular weight is 961 g/mol. The second kappa shape index (κ2) is 43.8. The van der Waals surface area contributed by atoms with E-state index in [1.54, 1.807) is 0 Å². The monoisotopic (exact) mass is 961 g/mol. The molecule has 0 spiro atoms. The quantitative estimate of drug-likeness (QED) is 0.0147. The number of aliphatic hydroxyl groups is 5. The zero-order valence-electron chi connectivity index (χ0n) is 42.0. The topological polar surface area (TPSA) is 192 Å². The number of esters is 1. The molecule has 0 saturated heterocycles. The van der Waals surface area contributed by atoms with Crippen LogP contribution in [0.3, 0.4) is 0 Å². The number of hydrogen-bond acceptors (Lipinski definition) is 11. The lowest BCUT2D eigenvalue weighted by atomic mass is 9.85. The summed E-state index contributed by atoms with van der Waals surface area (Å²) in [6.45, 7) is 4.27. The van der Waals surface area contributed by atoms with Gasteiger partial charge in [0.15, 0.2) is 0 Å². The molecule has 390 valence electrons. The molecule has 13 heteroatoms. The number of phosphoric acid groups is 1. The van der Waals surface area contributed by atoms with E-state index in [4.69, 9.17) is 18.5 Å². The van der Waals surface area contributed by atoms with Gasteiger partial charge in [0, 0.05) is 13.0 Å². The Hall–Kier alpha value is -1.18. The summed E-state index contributed by atoms with van der Waals surface area (Å²) in [4.78, 5) is 23.3. The van der Waals surface area contributed by atoms with Crippen LogP contribution in [0, 0.1) is 0 Å². The van der Waals surface area contributed by atoms with Crippen LogP contribution < -0.4 is 0 Å². The van der Waals surface area contributed by atoms with Gasteiger partial charge in [-0.15, -0.1) is 0 Å². The van der Waals surface area contributed by atoms with E-state index in [-0.39, 0.29) is 13.0 Å². The molecule has 0 amide bonds. The lowest BCUT2D eigenvalue weighted by molar-refractivity contribution is -0.220. The lowest BCUT2D eigenvalue weighted by Gasteiger charge is -2.41. The van der Waals surface area contributed by atoms with Crippen LogP contribution in [0.2, 0.25) is 0 Å². The summed E-state index contributed by atoms with van der Waals surface area (Å²) in [5.41, 5.74) is 0. The maximum atomic E-state index is 12.9. The van der Waals surface area contributed by atoms with Gasteiger partial charge in [-0.05, 0) is 44.9 Å². The summed E-state index contributed by atoms with van der Waals surface area (Å²) in [5.74, 6) is -0.475. The fraction of sp³-hybridized carbons (Fsp3) is 0.906. The van der Waals surface area contributed by atoms with Crippen molar-refractivity contribution in [2.75, 3.05) is 19.8 Å². The van der Waals surface area contributed by atoms with Gasteiger partial charge in [0.05, 0.1) is 13.2 Å². The highest BCUT2D eigenvalue weighted by Crippen LogP contribution is 2.47. The van der Waals surface area contributed by atoms with E-state index in [1.165, 1.54) is 161 Å². The molecule has 6 N–H and O–H groups in total. The van der Waals surface area contributed by atoms with Crippen molar-refractivity contribution in [2.24, 2.45) is 0 Å². The van der Waals surface area contributed by atoms with Crippen LogP contribution in [0.5, 0.6) is 0 Å². The van der Waals surface area contributed by atoms with Crippen molar-refractivity contribution in [3.05, 3.63) is 24.3 Å². The van der Waals surface area contributed by atoms with Crippen molar-refractivity contribution in [3.8, 4) is 0 Å². The summed E-state index contributed by atoms with van der Waals surface area (Å²) < 4.78 is 34.3. The molecule has 0 aromatic rings. The van der Waals surface area contributed by atoms with Crippen molar-refractivity contribution in [1.82, 2.24) is 0 Å². The third kappa shape index (κ3) is 35.0. The molecule has 0 heterocycles. The maximum Gasteiger partial charge on any atom is 0.472 e. The first kappa shape index (κ1) is 62.8. The fourth-order valence-corrected chi connectivity index (χ4v) is 9.48. The smallest absolute Gasteiger partial charge is 0.457 e. The Morgan fingerprint density at radius 2 is 0.848 bits per heavy atom. The van der Waals surface area contributed by atoms with E-state index in [0.29, 0.717) is 13.0 Å². The molecule has 0 aromatic carbocycles. The standard InChI is InChI=1S/C53H101O12P/c1-3-5-7-9-11-13-15-17-19-21-22-23-24-25-26-28-30-32-34-36-38-40-42-47(54)64-46(45-63-66(60,61)65-53-51(58)49(56)48(55)50(57)52(53)59)44-62-43-41-39-37-35-33-31-29-27-20-18-16-14-12-10-8-6-4-2/h14,16,20,27,46,48-53,55-59H,3-13,15,17-19,21-26,28-45H2,1-2H3,(H,60,61)/b16-14-,27-20-. The molecular weight excluding hydrogens is 860 g/mol. The van der Waals surface area contributed by atoms with Gasteiger partial charge >= 0.3 is 13.8 Å². The zero-order chi connectivity index (χ0) is 48.4.